The van der Waals surface area contributed by atoms with Crippen LogP contribution in [-0.4, -0.2) is 31.0 Å². The summed E-state index contributed by atoms with van der Waals surface area (Å²) in [5, 5.41) is 12.8. The zero-order valence-corrected chi connectivity index (χ0v) is 11.0. The van der Waals surface area contributed by atoms with Crippen molar-refractivity contribution in [3.05, 3.63) is 28.2 Å². The van der Waals surface area contributed by atoms with Gasteiger partial charge < -0.3 is 10.4 Å². The molecule has 16 heavy (non-hydrogen) atoms. The first-order valence-electron chi connectivity index (χ1n) is 5.43. The maximum absolute atomic E-state index is 9.55. The van der Waals surface area contributed by atoms with E-state index in [2.05, 4.69) is 33.2 Å². The number of aromatic hydroxyl groups is 1. The normalized spacial score (nSPS) is 11.1. The lowest BCUT2D eigenvalue weighted by Gasteiger charge is -2.00. The van der Waals surface area contributed by atoms with Gasteiger partial charge in [-0.25, -0.2) is 0 Å². The van der Waals surface area contributed by atoms with Crippen LogP contribution in [0.1, 0.15) is 18.9 Å². The van der Waals surface area contributed by atoms with Crippen molar-refractivity contribution in [2.24, 2.45) is 4.99 Å². The molecule has 1 aromatic carbocycles. The molecule has 0 aliphatic carbocycles. The van der Waals surface area contributed by atoms with Crippen LogP contribution in [0.25, 0.3) is 0 Å². The predicted octanol–water partition coefficient (Wildman–Crippen LogP) is 2.57. The van der Waals surface area contributed by atoms with Crippen LogP contribution in [0, 0.1) is 0 Å². The van der Waals surface area contributed by atoms with Crippen LogP contribution in [-0.2, 0) is 0 Å². The summed E-state index contributed by atoms with van der Waals surface area (Å²) in [5.74, 6) is 0.258. The van der Waals surface area contributed by atoms with E-state index in [1.54, 1.807) is 18.3 Å². The van der Waals surface area contributed by atoms with Crippen molar-refractivity contribution < 1.29 is 5.11 Å². The van der Waals surface area contributed by atoms with E-state index >= 15 is 0 Å². The fourth-order valence-electron chi connectivity index (χ4n) is 1.24. The minimum absolute atomic E-state index is 0.258. The molecule has 0 aliphatic rings. The molecule has 4 heteroatoms. The van der Waals surface area contributed by atoms with E-state index in [-0.39, 0.29) is 5.75 Å². The number of rotatable bonds is 6. The number of nitrogens with zero attached hydrogens (tertiary/aromatic N) is 1. The van der Waals surface area contributed by atoms with Gasteiger partial charge >= 0.3 is 0 Å². The van der Waals surface area contributed by atoms with Crippen LogP contribution in [0.5, 0.6) is 5.75 Å². The van der Waals surface area contributed by atoms with Gasteiger partial charge in [0.2, 0.25) is 0 Å². The zero-order chi connectivity index (χ0) is 11.8. The highest BCUT2D eigenvalue weighted by molar-refractivity contribution is 9.10. The van der Waals surface area contributed by atoms with E-state index in [4.69, 9.17) is 0 Å². The largest absolute Gasteiger partial charge is 0.507 e. The molecule has 0 aliphatic heterocycles. The average molecular weight is 285 g/mol. The molecular weight excluding hydrogens is 268 g/mol. The Balaban J connectivity index is 2.40. The highest BCUT2D eigenvalue weighted by Crippen LogP contribution is 2.19. The third-order valence-electron chi connectivity index (χ3n) is 2.06. The molecule has 0 heterocycles. The summed E-state index contributed by atoms with van der Waals surface area (Å²) in [7, 11) is 0. The fraction of sp³-hybridized carbons (Fsp3) is 0.417. The van der Waals surface area contributed by atoms with Crippen LogP contribution in [0.15, 0.2) is 27.7 Å². The van der Waals surface area contributed by atoms with E-state index in [0.717, 1.165) is 36.1 Å². The molecule has 0 bridgehead atoms. The number of hydrogen-bond donors (Lipinski definition) is 2. The molecular formula is C12H17BrN2O. The first-order chi connectivity index (χ1) is 7.74. The maximum Gasteiger partial charge on any atom is 0.124 e. The molecule has 0 fully saturated rings. The summed E-state index contributed by atoms with van der Waals surface area (Å²) in [6, 6.07) is 5.30. The minimum Gasteiger partial charge on any atom is -0.507 e. The molecule has 1 aromatic rings. The summed E-state index contributed by atoms with van der Waals surface area (Å²) in [6.45, 7) is 4.76. The Morgan fingerprint density at radius 2 is 2.25 bits per heavy atom. The Bertz CT molecular complexity index is 353. The number of hydrogen-bond acceptors (Lipinski definition) is 3. The summed E-state index contributed by atoms with van der Waals surface area (Å²) in [4.78, 5) is 4.25. The van der Waals surface area contributed by atoms with E-state index in [1.807, 2.05) is 6.07 Å². The Morgan fingerprint density at radius 1 is 1.44 bits per heavy atom. The summed E-state index contributed by atoms with van der Waals surface area (Å²) in [5.41, 5.74) is 0.741. The second-order valence-electron chi connectivity index (χ2n) is 3.49. The predicted molar refractivity (Wildman–Crippen MR) is 71.4 cm³/mol. The van der Waals surface area contributed by atoms with Gasteiger partial charge in [-0.15, -0.1) is 0 Å². The van der Waals surface area contributed by atoms with Crippen LogP contribution >= 0.6 is 15.9 Å². The van der Waals surface area contributed by atoms with Crippen molar-refractivity contribution in [3.63, 3.8) is 0 Å². The van der Waals surface area contributed by atoms with Crippen LogP contribution in [0.3, 0.4) is 0 Å². The standard InChI is InChI=1S/C12H17BrN2O/c1-2-5-14-6-7-15-9-10-8-11(13)3-4-12(10)16/h3-4,8-9,14,16H,2,5-7H2,1H3. The highest BCUT2D eigenvalue weighted by Gasteiger charge is 1.97. The molecule has 0 radical (unpaired) electrons. The molecule has 0 amide bonds. The first-order valence-corrected chi connectivity index (χ1v) is 6.22. The van der Waals surface area contributed by atoms with Crippen molar-refractivity contribution in [2.45, 2.75) is 13.3 Å². The smallest absolute Gasteiger partial charge is 0.124 e. The minimum atomic E-state index is 0.258. The number of phenols is 1. The molecule has 0 atom stereocenters. The third-order valence-corrected chi connectivity index (χ3v) is 2.56. The topological polar surface area (TPSA) is 44.6 Å². The van der Waals surface area contributed by atoms with Crippen molar-refractivity contribution in [1.29, 1.82) is 0 Å². The molecule has 3 nitrogen and oxygen atoms in total. The Kier molecular flexibility index (Phi) is 6.11. The van der Waals surface area contributed by atoms with E-state index < -0.39 is 0 Å². The molecule has 0 spiro atoms. The number of halogens is 1. The van der Waals surface area contributed by atoms with E-state index in [9.17, 15) is 5.11 Å². The van der Waals surface area contributed by atoms with Crippen molar-refractivity contribution >= 4 is 22.1 Å². The Labute approximate surface area is 105 Å². The number of aliphatic imine (C=N–C) groups is 1. The molecule has 88 valence electrons. The van der Waals surface area contributed by atoms with Gasteiger partial charge in [0.1, 0.15) is 5.75 Å². The van der Waals surface area contributed by atoms with Crippen LogP contribution < -0.4 is 5.32 Å². The summed E-state index contributed by atoms with van der Waals surface area (Å²) < 4.78 is 0.941. The molecule has 0 saturated carbocycles. The monoisotopic (exact) mass is 284 g/mol. The summed E-state index contributed by atoms with van der Waals surface area (Å²) in [6.07, 6.45) is 2.84. The lowest BCUT2D eigenvalue weighted by atomic mass is 10.2. The second kappa shape index (κ2) is 7.41. The van der Waals surface area contributed by atoms with Crippen LogP contribution in [0.2, 0.25) is 0 Å². The number of nitrogens with one attached hydrogen (secondary N) is 1. The molecule has 0 unspecified atom stereocenters. The lowest BCUT2D eigenvalue weighted by molar-refractivity contribution is 0.474. The van der Waals surface area contributed by atoms with Gasteiger partial charge in [0.05, 0.1) is 6.54 Å². The van der Waals surface area contributed by atoms with Crippen molar-refractivity contribution in [3.8, 4) is 5.75 Å². The van der Waals surface area contributed by atoms with Crippen LogP contribution in [0.4, 0.5) is 0 Å². The van der Waals surface area contributed by atoms with Gasteiger partial charge in [0, 0.05) is 22.8 Å². The van der Waals surface area contributed by atoms with E-state index in [1.165, 1.54) is 0 Å². The summed E-state index contributed by atoms with van der Waals surface area (Å²) >= 11 is 3.35. The average Bonchev–Trinajstić information content (AvgIpc) is 2.28. The Morgan fingerprint density at radius 3 is 3.00 bits per heavy atom. The first kappa shape index (κ1) is 13.2. The number of phenolic OH excluding ortho intramolecular Hbond substituents is 1. The molecule has 0 saturated heterocycles. The zero-order valence-electron chi connectivity index (χ0n) is 9.41. The van der Waals surface area contributed by atoms with Gasteiger partial charge in [-0.3, -0.25) is 4.99 Å². The van der Waals surface area contributed by atoms with E-state index in [0.29, 0.717) is 0 Å². The maximum atomic E-state index is 9.55. The van der Waals surface area contributed by atoms with Crippen molar-refractivity contribution in [1.82, 2.24) is 5.32 Å². The quantitative estimate of drug-likeness (QED) is 0.623. The fourth-order valence-corrected chi connectivity index (χ4v) is 1.62. The lowest BCUT2D eigenvalue weighted by Crippen LogP contribution is -2.18. The van der Waals surface area contributed by atoms with Gasteiger partial charge in [-0.05, 0) is 31.2 Å². The van der Waals surface area contributed by atoms with Gasteiger partial charge in [0.25, 0.3) is 0 Å². The third kappa shape index (κ3) is 4.77. The molecule has 1 rings (SSSR count). The molecule has 0 aromatic heterocycles. The second-order valence-corrected chi connectivity index (χ2v) is 4.40. The van der Waals surface area contributed by atoms with Gasteiger partial charge in [-0.1, -0.05) is 22.9 Å². The number of benzene rings is 1. The highest BCUT2D eigenvalue weighted by atomic mass is 79.9. The van der Waals surface area contributed by atoms with Crippen molar-refractivity contribution in [2.75, 3.05) is 19.6 Å². The van der Waals surface area contributed by atoms with Gasteiger partial charge in [0.15, 0.2) is 0 Å². The Hall–Kier alpha value is -0.870. The van der Waals surface area contributed by atoms with Gasteiger partial charge in [-0.2, -0.15) is 0 Å². The SMILES string of the molecule is CCCNCCN=Cc1cc(Br)ccc1O. The molecule has 2 N–H and O–H groups in total.